The van der Waals surface area contributed by atoms with Crippen LogP contribution in [0.2, 0.25) is 0 Å². The van der Waals surface area contributed by atoms with E-state index in [2.05, 4.69) is 34.0 Å². The van der Waals surface area contributed by atoms with Crippen molar-refractivity contribution in [3.63, 3.8) is 0 Å². The van der Waals surface area contributed by atoms with Gasteiger partial charge in [-0.25, -0.2) is 4.98 Å². The molecular formula is C15H26N4O2. The molecule has 0 unspecified atom stereocenters. The van der Waals surface area contributed by atoms with Crippen molar-refractivity contribution in [3.05, 3.63) is 11.8 Å². The number of hydrogen-bond donors (Lipinski definition) is 2. The van der Waals surface area contributed by atoms with Gasteiger partial charge in [0.05, 0.1) is 12.2 Å². The second kappa shape index (κ2) is 5.77. The fourth-order valence-electron chi connectivity index (χ4n) is 2.86. The minimum absolute atomic E-state index is 0.297. The second-order valence-corrected chi connectivity index (χ2v) is 6.46. The van der Waals surface area contributed by atoms with Gasteiger partial charge >= 0.3 is 0 Å². The summed E-state index contributed by atoms with van der Waals surface area (Å²) in [7, 11) is 3.48. The molecule has 0 amide bonds. The van der Waals surface area contributed by atoms with Gasteiger partial charge in [0.25, 0.3) is 0 Å². The first kappa shape index (κ1) is 16.0. The van der Waals surface area contributed by atoms with E-state index in [9.17, 15) is 5.11 Å². The van der Waals surface area contributed by atoms with Crippen molar-refractivity contribution in [2.45, 2.75) is 32.8 Å². The Kier molecular flexibility index (Phi) is 4.39. The maximum Gasteiger partial charge on any atom is 0.227 e. The van der Waals surface area contributed by atoms with E-state index >= 15 is 0 Å². The third-order valence-electron chi connectivity index (χ3n) is 4.41. The molecule has 6 nitrogen and oxygen atoms in total. The number of anilines is 2. The summed E-state index contributed by atoms with van der Waals surface area (Å²) >= 11 is 0. The van der Waals surface area contributed by atoms with Gasteiger partial charge in [-0.2, -0.15) is 4.98 Å². The third-order valence-corrected chi connectivity index (χ3v) is 4.41. The van der Waals surface area contributed by atoms with E-state index in [0.717, 1.165) is 18.1 Å². The number of methoxy groups -OCH3 is 1. The van der Waals surface area contributed by atoms with E-state index in [1.807, 2.05) is 20.0 Å². The van der Waals surface area contributed by atoms with Crippen LogP contribution in [0.4, 0.5) is 11.8 Å². The Labute approximate surface area is 126 Å². The highest BCUT2D eigenvalue weighted by molar-refractivity contribution is 5.44. The zero-order valence-electron chi connectivity index (χ0n) is 13.6. The van der Waals surface area contributed by atoms with Crippen molar-refractivity contribution in [2.75, 3.05) is 44.1 Å². The van der Waals surface area contributed by atoms with Crippen LogP contribution in [0.15, 0.2) is 6.07 Å². The van der Waals surface area contributed by atoms with E-state index in [-0.39, 0.29) is 5.41 Å². The number of ether oxygens (including phenoxy) is 1. The molecule has 2 heterocycles. The van der Waals surface area contributed by atoms with Gasteiger partial charge in [0, 0.05) is 44.4 Å². The van der Waals surface area contributed by atoms with Crippen LogP contribution in [0, 0.1) is 12.3 Å². The first-order chi connectivity index (χ1) is 9.81. The second-order valence-electron chi connectivity index (χ2n) is 6.46. The van der Waals surface area contributed by atoms with Gasteiger partial charge in [-0.15, -0.1) is 0 Å². The lowest BCUT2D eigenvalue weighted by atomic mass is 9.70. The topological polar surface area (TPSA) is 70.5 Å². The Morgan fingerprint density at radius 3 is 2.71 bits per heavy atom. The van der Waals surface area contributed by atoms with Crippen molar-refractivity contribution in [1.82, 2.24) is 9.97 Å². The Morgan fingerprint density at radius 2 is 2.14 bits per heavy atom. The maximum absolute atomic E-state index is 10.8. The zero-order valence-corrected chi connectivity index (χ0v) is 13.6. The highest BCUT2D eigenvalue weighted by Gasteiger charge is 2.48. The molecule has 0 aromatic carbocycles. The Balaban J connectivity index is 2.23. The minimum Gasteiger partial charge on any atom is -0.387 e. The van der Waals surface area contributed by atoms with Crippen LogP contribution >= 0.6 is 0 Å². The van der Waals surface area contributed by atoms with Crippen LogP contribution in [0.25, 0.3) is 0 Å². The number of hydrogen-bond acceptors (Lipinski definition) is 6. The number of nitrogens with one attached hydrogen (secondary N) is 1. The molecule has 0 bridgehead atoms. The molecule has 1 saturated heterocycles. The maximum atomic E-state index is 10.8. The lowest BCUT2D eigenvalue weighted by molar-refractivity contribution is -0.122. The summed E-state index contributed by atoms with van der Waals surface area (Å²) in [5.74, 6) is 1.53. The first-order valence-electron chi connectivity index (χ1n) is 7.31. The first-order valence-corrected chi connectivity index (χ1v) is 7.31. The van der Waals surface area contributed by atoms with Crippen molar-refractivity contribution in [1.29, 1.82) is 0 Å². The smallest absolute Gasteiger partial charge is 0.227 e. The Hall–Kier alpha value is -1.40. The molecule has 1 aromatic heterocycles. The highest BCUT2D eigenvalue weighted by Crippen LogP contribution is 2.39. The van der Waals surface area contributed by atoms with Gasteiger partial charge in [0.2, 0.25) is 5.95 Å². The number of aryl methyl sites for hydroxylation is 1. The molecule has 1 atom stereocenters. The van der Waals surface area contributed by atoms with Gasteiger partial charge in [0.15, 0.2) is 0 Å². The average Bonchev–Trinajstić information content (AvgIpc) is 2.41. The molecule has 2 N–H and O–H groups in total. The van der Waals surface area contributed by atoms with Crippen LogP contribution in [-0.2, 0) is 4.74 Å². The molecule has 0 aliphatic carbocycles. The molecule has 1 aliphatic rings. The van der Waals surface area contributed by atoms with Gasteiger partial charge in [-0.3, -0.25) is 0 Å². The lowest BCUT2D eigenvalue weighted by Gasteiger charge is -2.49. The molecule has 1 aliphatic heterocycles. The molecule has 0 spiro atoms. The minimum atomic E-state index is -0.812. The third kappa shape index (κ3) is 3.11. The number of rotatable bonds is 4. The lowest BCUT2D eigenvalue weighted by Crippen LogP contribution is -2.59. The standard InChI is InChI=1S/C15H26N4O2/c1-11-8-12(16-4)18-13(17-11)19-7-6-15(20,10-21-5)14(2,3)9-19/h8,20H,6-7,9-10H2,1-5H3,(H,16,17,18)/t15-/m1/s1. The fourth-order valence-corrected chi connectivity index (χ4v) is 2.86. The van der Waals surface area contributed by atoms with E-state index in [1.165, 1.54) is 0 Å². The molecule has 6 heteroatoms. The van der Waals surface area contributed by atoms with Gasteiger partial charge < -0.3 is 20.1 Å². The summed E-state index contributed by atoms with van der Waals surface area (Å²) in [6, 6.07) is 1.92. The van der Waals surface area contributed by atoms with Crippen molar-refractivity contribution < 1.29 is 9.84 Å². The molecule has 0 radical (unpaired) electrons. The number of aliphatic hydroxyl groups is 1. The molecule has 118 valence electrons. The molecule has 1 aromatic rings. The summed E-state index contributed by atoms with van der Waals surface area (Å²) in [6.45, 7) is 7.85. The van der Waals surface area contributed by atoms with Gasteiger partial charge in [0.1, 0.15) is 5.82 Å². The van der Waals surface area contributed by atoms with E-state index in [0.29, 0.717) is 25.5 Å². The normalized spacial score (nSPS) is 25.0. The summed E-state index contributed by atoms with van der Waals surface area (Å²) in [4.78, 5) is 11.2. The predicted molar refractivity (Wildman–Crippen MR) is 83.8 cm³/mol. The summed E-state index contributed by atoms with van der Waals surface area (Å²) < 4.78 is 5.21. The Morgan fingerprint density at radius 1 is 1.43 bits per heavy atom. The quantitative estimate of drug-likeness (QED) is 0.875. The predicted octanol–water partition coefficient (Wildman–Crippen LogP) is 1.44. The summed E-state index contributed by atoms with van der Waals surface area (Å²) in [5.41, 5.74) is -0.179. The zero-order chi connectivity index (χ0) is 15.7. The monoisotopic (exact) mass is 294 g/mol. The molecular weight excluding hydrogens is 268 g/mol. The van der Waals surface area contributed by atoms with E-state index in [4.69, 9.17) is 4.74 Å². The van der Waals surface area contributed by atoms with E-state index in [1.54, 1.807) is 7.11 Å². The van der Waals surface area contributed by atoms with Crippen molar-refractivity contribution in [2.24, 2.45) is 5.41 Å². The SMILES string of the molecule is CNc1cc(C)nc(N2CC[C@@](O)(COC)C(C)(C)C2)n1. The Bertz CT molecular complexity index is 506. The fraction of sp³-hybridized carbons (Fsp3) is 0.733. The van der Waals surface area contributed by atoms with Crippen LogP contribution in [0.5, 0.6) is 0 Å². The number of aromatic nitrogens is 2. The van der Waals surface area contributed by atoms with Gasteiger partial charge in [-0.05, 0) is 13.3 Å². The summed E-state index contributed by atoms with van der Waals surface area (Å²) in [6.07, 6.45) is 0.639. The van der Waals surface area contributed by atoms with E-state index < -0.39 is 5.60 Å². The van der Waals surface area contributed by atoms with Crippen LogP contribution < -0.4 is 10.2 Å². The highest BCUT2D eigenvalue weighted by atomic mass is 16.5. The van der Waals surface area contributed by atoms with Crippen LogP contribution in [-0.4, -0.2) is 54.5 Å². The molecule has 2 rings (SSSR count). The van der Waals surface area contributed by atoms with Crippen LogP contribution in [0.1, 0.15) is 26.0 Å². The molecule has 21 heavy (non-hydrogen) atoms. The van der Waals surface area contributed by atoms with Crippen LogP contribution in [0.3, 0.4) is 0 Å². The summed E-state index contributed by atoms with van der Waals surface area (Å²) in [5, 5.41) is 13.9. The molecule has 0 saturated carbocycles. The largest absolute Gasteiger partial charge is 0.387 e. The number of piperidine rings is 1. The van der Waals surface area contributed by atoms with Crippen molar-refractivity contribution in [3.8, 4) is 0 Å². The average molecular weight is 294 g/mol. The molecule has 1 fully saturated rings. The van der Waals surface area contributed by atoms with Crippen molar-refractivity contribution >= 4 is 11.8 Å². The number of nitrogens with zero attached hydrogens (tertiary/aromatic N) is 3. The van der Waals surface area contributed by atoms with Gasteiger partial charge in [-0.1, -0.05) is 13.8 Å².